The molecule has 0 fully saturated rings. The van der Waals surface area contributed by atoms with Gasteiger partial charge >= 0.3 is 0 Å². The SMILES string of the molecule is N#CC(=Cc1cccc2ccccc12)Sc1nc2ccccc2s1. The van der Waals surface area contributed by atoms with Crippen LogP contribution < -0.4 is 0 Å². The summed E-state index contributed by atoms with van der Waals surface area (Å²) in [5.74, 6) is 0. The van der Waals surface area contributed by atoms with E-state index >= 15 is 0 Å². The standard InChI is InChI=1S/C20H12N2S2/c21-13-16(23-20-22-18-10-3-4-11-19(18)24-20)12-15-8-5-7-14-6-1-2-9-17(14)15/h1-12H. The van der Waals surface area contributed by atoms with Crippen LogP contribution >= 0.6 is 23.1 Å². The number of benzene rings is 3. The van der Waals surface area contributed by atoms with Crippen LogP contribution in [0.3, 0.4) is 0 Å². The zero-order valence-corrected chi connectivity index (χ0v) is 14.3. The summed E-state index contributed by atoms with van der Waals surface area (Å²) in [6.45, 7) is 0. The summed E-state index contributed by atoms with van der Waals surface area (Å²) in [4.78, 5) is 5.24. The zero-order valence-electron chi connectivity index (χ0n) is 12.6. The van der Waals surface area contributed by atoms with Gasteiger partial charge in [-0.3, -0.25) is 0 Å². The molecule has 0 aliphatic carbocycles. The molecular formula is C20H12N2S2. The van der Waals surface area contributed by atoms with Gasteiger partial charge in [-0.15, -0.1) is 11.3 Å². The van der Waals surface area contributed by atoms with Crippen molar-refractivity contribution in [2.75, 3.05) is 0 Å². The van der Waals surface area contributed by atoms with Crippen LogP contribution in [0.4, 0.5) is 0 Å². The lowest BCUT2D eigenvalue weighted by Crippen LogP contribution is -1.80. The average molecular weight is 344 g/mol. The highest BCUT2D eigenvalue weighted by atomic mass is 32.2. The highest BCUT2D eigenvalue weighted by molar-refractivity contribution is 8.05. The molecule has 4 heteroatoms. The molecule has 114 valence electrons. The molecule has 4 aromatic rings. The van der Waals surface area contributed by atoms with Crippen LogP contribution in [0, 0.1) is 11.3 Å². The Hall–Kier alpha value is -2.61. The monoisotopic (exact) mass is 344 g/mol. The lowest BCUT2D eigenvalue weighted by Gasteiger charge is -2.02. The number of hydrogen-bond acceptors (Lipinski definition) is 4. The van der Waals surface area contributed by atoms with Gasteiger partial charge < -0.3 is 0 Å². The number of thioether (sulfide) groups is 1. The average Bonchev–Trinajstić information content (AvgIpc) is 3.03. The molecule has 0 unspecified atom stereocenters. The molecule has 0 N–H and O–H groups in total. The Labute approximate surface area is 148 Å². The van der Waals surface area contributed by atoms with Gasteiger partial charge in [0.15, 0.2) is 4.34 Å². The number of nitriles is 1. The second kappa shape index (κ2) is 6.48. The van der Waals surface area contributed by atoms with Crippen LogP contribution in [0.25, 0.3) is 27.1 Å². The summed E-state index contributed by atoms with van der Waals surface area (Å²) in [5, 5.41) is 11.9. The Morgan fingerprint density at radius 3 is 2.67 bits per heavy atom. The third kappa shape index (κ3) is 2.92. The molecule has 0 atom stereocenters. The van der Waals surface area contributed by atoms with E-state index in [0.717, 1.165) is 25.5 Å². The summed E-state index contributed by atoms with van der Waals surface area (Å²) >= 11 is 3.04. The molecule has 0 saturated heterocycles. The second-order valence-electron chi connectivity index (χ2n) is 5.24. The number of thiazole rings is 1. The minimum absolute atomic E-state index is 0.644. The van der Waals surface area contributed by atoms with Crippen molar-refractivity contribution in [1.29, 1.82) is 5.26 Å². The van der Waals surface area contributed by atoms with E-state index in [9.17, 15) is 5.26 Å². The lowest BCUT2D eigenvalue weighted by atomic mass is 10.0. The molecule has 0 radical (unpaired) electrons. The third-order valence-electron chi connectivity index (χ3n) is 3.69. The van der Waals surface area contributed by atoms with Gasteiger partial charge in [0.05, 0.1) is 15.1 Å². The van der Waals surface area contributed by atoms with Crippen molar-refractivity contribution in [3.05, 3.63) is 77.2 Å². The Kier molecular flexibility index (Phi) is 4.04. The quantitative estimate of drug-likeness (QED) is 0.332. The molecule has 0 aliphatic heterocycles. The molecule has 0 aliphatic rings. The van der Waals surface area contributed by atoms with E-state index in [2.05, 4.69) is 35.3 Å². The predicted octanol–water partition coefficient (Wildman–Crippen LogP) is 6.11. The van der Waals surface area contributed by atoms with E-state index in [-0.39, 0.29) is 0 Å². The topological polar surface area (TPSA) is 36.7 Å². The number of hydrogen-bond donors (Lipinski definition) is 0. The van der Waals surface area contributed by atoms with Crippen LogP contribution in [0.1, 0.15) is 5.56 Å². The second-order valence-corrected chi connectivity index (χ2v) is 7.56. The molecular weight excluding hydrogens is 332 g/mol. The molecule has 1 aromatic heterocycles. The first-order chi connectivity index (χ1) is 11.8. The van der Waals surface area contributed by atoms with Gasteiger partial charge in [-0.05, 0) is 46.3 Å². The maximum atomic E-state index is 9.53. The first-order valence-electron chi connectivity index (χ1n) is 7.46. The van der Waals surface area contributed by atoms with E-state index in [0.29, 0.717) is 4.91 Å². The Bertz CT molecular complexity index is 1060. The van der Waals surface area contributed by atoms with Crippen LogP contribution in [0.5, 0.6) is 0 Å². The summed E-state index contributed by atoms with van der Waals surface area (Å²) in [5.41, 5.74) is 2.03. The summed E-state index contributed by atoms with van der Waals surface area (Å²) in [7, 11) is 0. The predicted molar refractivity (Wildman–Crippen MR) is 103 cm³/mol. The van der Waals surface area contributed by atoms with Gasteiger partial charge in [-0.25, -0.2) is 4.98 Å². The first kappa shape index (κ1) is 14.9. The summed E-state index contributed by atoms with van der Waals surface area (Å²) in [6, 6.07) is 24.7. The van der Waals surface area contributed by atoms with Gasteiger partial charge in [-0.1, -0.05) is 54.6 Å². The maximum absolute atomic E-state index is 9.53. The highest BCUT2D eigenvalue weighted by Gasteiger charge is 2.08. The van der Waals surface area contributed by atoms with E-state index < -0.39 is 0 Å². The fourth-order valence-corrected chi connectivity index (χ4v) is 4.56. The van der Waals surface area contributed by atoms with Crippen LogP contribution in [0.2, 0.25) is 0 Å². The van der Waals surface area contributed by atoms with Gasteiger partial charge in [-0.2, -0.15) is 5.26 Å². The number of nitrogens with zero attached hydrogens (tertiary/aromatic N) is 2. The van der Waals surface area contributed by atoms with Crippen molar-refractivity contribution in [1.82, 2.24) is 4.98 Å². The normalized spacial score (nSPS) is 11.7. The van der Waals surface area contributed by atoms with E-state index in [1.165, 1.54) is 17.1 Å². The fourth-order valence-electron chi connectivity index (χ4n) is 2.59. The molecule has 0 saturated carbocycles. The van der Waals surface area contributed by atoms with E-state index in [1.54, 1.807) is 11.3 Å². The number of allylic oxidation sites excluding steroid dienone is 1. The minimum Gasteiger partial charge on any atom is -0.229 e. The highest BCUT2D eigenvalue weighted by Crippen LogP contribution is 2.35. The van der Waals surface area contributed by atoms with Crippen LogP contribution in [0.15, 0.2) is 76.0 Å². The minimum atomic E-state index is 0.644. The third-order valence-corrected chi connectivity index (χ3v) is 5.72. The maximum Gasteiger partial charge on any atom is 0.156 e. The van der Waals surface area contributed by atoms with Crippen molar-refractivity contribution in [2.24, 2.45) is 0 Å². The number of fused-ring (bicyclic) bond motifs is 2. The lowest BCUT2D eigenvalue weighted by molar-refractivity contribution is 1.31. The molecule has 1 heterocycles. The fraction of sp³-hybridized carbons (Fsp3) is 0. The molecule has 0 bridgehead atoms. The molecule has 2 nitrogen and oxygen atoms in total. The van der Waals surface area contributed by atoms with E-state index in [4.69, 9.17) is 0 Å². The summed E-state index contributed by atoms with van der Waals surface area (Å²) < 4.78 is 2.03. The van der Waals surface area contributed by atoms with Crippen molar-refractivity contribution in [3.63, 3.8) is 0 Å². The summed E-state index contributed by atoms with van der Waals surface area (Å²) in [6.07, 6.45) is 1.94. The van der Waals surface area contributed by atoms with Crippen LogP contribution in [-0.4, -0.2) is 4.98 Å². The van der Waals surface area contributed by atoms with Gasteiger partial charge in [0.2, 0.25) is 0 Å². The van der Waals surface area contributed by atoms with Crippen molar-refractivity contribution >= 4 is 50.2 Å². The molecule has 24 heavy (non-hydrogen) atoms. The van der Waals surface area contributed by atoms with Gasteiger partial charge in [0.1, 0.15) is 6.07 Å². The number of aromatic nitrogens is 1. The first-order valence-corrected chi connectivity index (χ1v) is 9.10. The van der Waals surface area contributed by atoms with Gasteiger partial charge in [0.25, 0.3) is 0 Å². The largest absolute Gasteiger partial charge is 0.229 e. The Balaban J connectivity index is 1.72. The smallest absolute Gasteiger partial charge is 0.156 e. The molecule has 0 amide bonds. The number of para-hydroxylation sites is 1. The molecule has 3 aromatic carbocycles. The number of rotatable bonds is 3. The van der Waals surface area contributed by atoms with Crippen molar-refractivity contribution in [3.8, 4) is 6.07 Å². The zero-order chi connectivity index (χ0) is 16.4. The Morgan fingerprint density at radius 1 is 1.00 bits per heavy atom. The van der Waals surface area contributed by atoms with E-state index in [1.807, 2.05) is 48.5 Å². The molecule has 0 spiro atoms. The van der Waals surface area contributed by atoms with Crippen molar-refractivity contribution in [2.45, 2.75) is 4.34 Å². The van der Waals surface area contributed by atoms with Crippen LogP contribution in [-0.2, 0) is 0 Å². The van der Waals surface area contributed by atoms with Gasteiger partial charge in [0, 0.05) is 0 Å². The van der Waals surface area contributed by atoms with Crippen molar-refractivity contribution < 1.29 is 0 Å². The Morgan fingerprint density at radius 2 is 1.79 bits per heavy atom. The molecule has 4 rings (SSSR count).